The van der Waals surface area contributed by atoms with E-state index in [-0.39, 0.29) is 35.7 Å². The number of piperidine rings is 1. The van der Waals surface area contributed by atoms with Gasteiger partial charge < -0.3 is 15.5 Å². The quantitative estimate of drug-likeness (QED) is 0.797. The molecule has 0 radical (unpaired) electrons. The van der Waals surface area contributed by atoms with Gasteiger partial charge in [-0.25, -0.2) is 0 Å². The van der Waals surface area contributed by atoms with Crippen molar-refractivity contribution in [1.82, 2.24) is 15.5 Å². The number of likely N-dealkylation sites (tertiary alicyclic amines) is 1. The molecule has 0 spiro atoms. The van der Waals surface area contributed by atoms with Gasteiger partial charge in [0, 0.05) is 44.9 Å². The molecule has 24 heavy (non-hydrogen) atoms. The van der Waals surface area contributed by atoms with Crippen molar-refractivity contribution in [3.8, 4) is 0 Å². The molecule has 1 saturated carbocycles. The molecule has 1 aliphatic heterocycles. The summed E-state index contributed by atoms with van der Waals surface area (Å²) in [4.78, 5) is 37.1. The zero-order valence-corrected chi connectivity index (χ0v) is 15.1. The number of carbonyl (C=O) groups excluding carboxylic acids is 3. The van der Waals surface area contributed by atoms with Crippen LogP contribution in [0.2, 0.25) is 0 Å². The minimum absolute atomic E-state index is 0.0258. The van der Waals surface area contributed by atoms with E-state index in [0.29, 0.717) is 18.9 Å². The zero-order valence-electron chi connectivity index (χ0n) is 15.1. The van der Waals surface area contributed by atoms with E-state index in [9.17, 15) is 14.4 Å². The van der Waals surface area contributed by atoms with Crippen molar-refractivity contribution >= 4 is 17.7 Å². The largest absolute Gasteiger partial charge is 0.354 e. The Labute approximate surface area is 144 Å². The summed E-state index contributed by atoms with van der Waals surface area (Å²) in [6, 6.07) is 0.227. The van der Waals surface area contributed by atoms with Crippen LogP contribution < -0.4 is 10.6 Å². The van der Waals surface area contributed by atoms with Gasteiger partial charge in [-0.3, -0.25) is 14.4 Å². The molecule has 6 heteroatoms. The molecule has 1 aliphatic carbocycles. The van der Waals surface area contributed by atoms with Crippen molar-refractivity contribution in [2.24, 2.45) is 11.8 Å². The molecule has 0 aromatic heterocycles. The molecular weight excluding hydrogens is 306 g/mol. The molecule has 3 unspecified atom stereocenters. The second kappa shape index (κ2) is 8.49. The Morgan fingerprint density at radius 1 is 1.21 bits per heavy atom. The molecule has 1 saturated heterocycles. The van der Waals surface area contributed by atoms with Gasteiger partial charge in [0.2, 0.25) is 17.7 Å². The van der Waals surface area contributed by atoms with Crippen LogP contribution in [-0.4, -0.2) is 48.3 Å². The third kappa shape index (κ3) is 5.49. The highest BCUT2D eigenvalue weighted by atomic mass is 16.2. The van der Waals surface area contributed by atoms with E-state index < -0.39 is 0 Å². The molecule has 2 rings (SSSR count). The molecule has 4 atom stereocenters. The van der Waals surface area contributed by atoms with Crippen LogP contribution in [0.15, 0.2) is 0 Å². The van der Waals surface area contributed by atoms with Gasteiger partial charge in [0.05, 0.1) is 0 Å². The van der Waals surface area contributed by atoms with E-state index >= 15 is 0 Å². The maximum absolute atomic E-state index is 12.4. The zero-order chi connectivity index (χ0) is 17.7. The highest BCUT2D eigenvalue weighted by Crippen LogP contribution is 2.29. The third-order valence-corrected chi connectivity index (χ3v) is 5.33. The molecule has 2 N–H and O–H groups in total. The third-order valence-electron chi connectivity index (χ3n) is 5.33. The fraction of sp³-hybridized carbons (Fsp3) is 0.833. The summed E-state index contributed by atoms with van der Waals surface area (Å²) in [7, 11) is 1.80. The number of carbonyl (C=O) groups is 3. The van der Waals surface area contributed by atoms with Gasteiger partial charge in [-0.15, -0.1) is 0 Å². The van der Waals surface area contributed by atoms with E-state index in [2.05, 4.69) is 10.6 Å². The van der Waals surface area contributed by atoms with Crippen molar-refractivity contribution in [3.05, 3.63) is 0 Å². The fourth-order valence-electron chi connectivity index (χ4n) is 3.94. The summed E-state index contributed by atoms with van der Waals surface area (Å²) in [6.07, 6.45) is 6.31. The first-order chi connectivity index (χ1) is 11.3. The molecule has 0 bridgehead atoms. The number of nitrogens with zero attached hydrogens (tertiary/aromatic N) is 1. The van der Waals surface area contributed by atoms with Crippen molar-refractivity contribution < 1.29 is 14.4 Å². The highest BCUT2D eigenvalue weighted by Gasteiger charge is 2.29. The van der Waals surface area contributed by atoms with E-state index in [4.69, 9.17) is 0 Å². The Balaban J connectivity index is 1.76. The van der Waals surface area contributed by atoms with Crippen molar-refractivity contribution in [2.45, 2.75) is 70.9 Å². The monoisotopic (exact) mass is 337 g/mol. The maximum Gasteiger partial charge on any atom is 0.224 e. The minimum Gasteiger partial charge on any atom is -0.354 e. The normalized spacial score (nSPS) is 29.0. The van der Waals surface area contributed by atoms with E-state index in [1.165, 1.54) is 0 Å². The molecule has 136 valence electrons. The van der Waals surface area contributed by atoms with Gasteiger partial charge in [0.25, 0.3) is 0 Å². The molecular formula is C18H31N3O3. The molecule has 0 aromatic carbocycles. The lowest BCUT2D eigenvalue weighted by atomic mass is 9.80. The van der Waals surface area contributed by atoms with Crippen LogP contribution in [0.3, 0.4) is 0 Å². The van der Waals surface area contributed by atoms with Crippen LogP contribution in [-0.2, 0) is 14.4 Å². The number of nitrogens with one attached hydrogen (secondary N) is 2. The van der Waals surface area contributed by atoms with Gasteiger partial charge in [0.1, 0.15) is 0 Å². The summed E-state index contributed by atoms with van der Waals surface area (Å²) >= 11 is 0. The number of rotatable bonds is 5. The summed E-state index contributed by atoms with van der Waals surface area (Å²) < 4.78 is 0. The van der Waals surface area contributed by atoms with Crippen LogP contribution >= 0.6 is 0 Å². The SMILES string of the molecule is CC(=O)NC1CCCC(C[C@H](C)C(=O)NC2CCN(C)C(=O)C2)C1. The van der Waals surface area contributed by atoms with E-state index in [0.717, 1.165) is 38.5 Å². The summed E-state index contributed by atoms with van der Waals surface area (Å²) in [6.45, 7) is 4.23. The number of amides is 3. The topological polar surface area (TPSA) is 78.5 Å². The maximum atomic E-state index is 12.4. The van der Waals surface area contributed by atoms with E-state index in [1.54, 1.807) is 18.9 Å². The smallest absolute Gasteiger partial charge is 0.224 e. The van der Waals surface area contributed by atoms with Crippen LogP contribution in [0, 0.1) is 11.8 Å². The predicted molar refractivity (Wildman–Crippen MR) is 92.1 cm³/mol. The average molecular weight is 337 g/mol. The molecule has 0 aromatic rings. The summed E-state index contributed by atoms with van der Waals surface area (Å²) in [5, 5.41) is 6.05. The molecule has 1 heterocycles. The Hall–Kier alpha value is -1.59. The van der Waals surface area contributed by atoms with Crippen molar-refractivity contribution in [3.63, 3.8) is 0 Å². The Morgan fingerprint density at radius 3 is 2.62 bits per heavy atom. The first-order valence-electron chi connectivity index (χ1n) is 9.16. The van der Waals surface area contributed by atoms with Crippen LogP contribution in [0.1, 0.15) is 58.8 Å². The van der Waals surface area contributed by atoms with E-state index in [1.807, 2.05) is 6.92 Å². The minimum atomic E-state index is -0.0548. The van der Waals surface area contributed by atoms with Crippen molar-refractivity contribution in [2.75, 3.05) is 13.6 Å². The average Bonchev–Trinajstić information content (AvgIpc) is 2.50. The van der Waals surface area contributed by atoms with Crippen LogP contribution in [0.25, 0.3) is 0 Å². The lowest BCUT2D eigenvalue weighted by molar-refractivity contribution is -0.133. The molecule has 3 amide bonds. The highest BCUT2D eigenvalue weighted by molar-refractivity contribution is 5.81. The summed E-state index contributed by atoms with van der Waals surface area (Å²) in [5.74, 6) is 0.610. The Kier molecular flexibility index (Phi) is 6.63. The lowest BCUT2D eigenvalue weighted by Crippen LogP contribution is -2.47. The van der Waals surface area contributed by atoms with Crippen LogP contribution in [0.4, 0.5) is 0 Å². The number of hydrogen-bond donors (Lipinski definition) is 2. The standard InChI is InChI=1S/C18H31N3O3/c1-12(9-14-5-4-6-15(10-14)19-13(2)22)18(24)20-16-7-8-21(3)17(23)11-16/h12,14-16H,4-11H2,1-3H3,(H,19,22)(H,20,24)/t12-,14?,15?,16?/m0/s1. The van der Waals surface area contributed by atoms with Crippen molar-refractivity contribution in [1.29, 1.82) is 0 Å². The second-order valence-electron chi connectivity index (χ2n) is 7.58. The van der Waals surface area contributed by atoms with Gasteiger partial charge >= 0.3 is 0 Å². The van der Waals surface area contributed by atoms with Gasteiger partial charge in [-0.1, -0.05) is 19.8 Å². The Morgan fingerprint density at radius 2 is 1.96 bits per heavy atom. The van der Waals surface area contributed by atoms with Crippen LogP contribution in [0.5, 0.6) is 0 Å². The lowest BCUT2D eigenvalue weighted by Gasteiger charge is -2.32. The van der Waals surface area contributed by atoms with Gasteiger partial charge in [0.15, 0.2) is 0 Å². The predicted octanol–water partition coefficient (Wildman–Crippen LogP) is 1.44. The second-order valence-corrected chi connectivity index (χ2v) is 7.58. The first kappa shape index (κ1) is 18.7. The number of hydrogen-bond acceptors (Lipinski definition) is 3. The Bertz CT molecular complexity index is 480. The first-order valence-corrected chi connectivity index (χ1v) is 9.16. The fourth-order valence-corrected chi connectivity index (χ4v) is 3.94. The molecule has 2 fully saturated rings. The van der Waals surface area contributed by atoms with Gasteiger partial charge in [-0.2, -0.15) is 0 Å². The summed E-state index contributed by atoms with van der Waals surface area (Å²) in [5.41, 5.74) is 0. The molecule has 2 aliphatic rings. The molecule has 6 nitrogen and oxygen atoms in total. The van der Waals surface area contributed by atoms with Gasteiger partial charge in [-0.05, 0) is 31.6 Å².